The van der Waals surface area contributed by atoms with E-state index in [0.717, 1.165) is 11.3 Å². The van der Waals surface area contributed by atoms with Crippen LogP contribution in [0.15, 0.2) is 72.8 Å². The average molecular weight is 428 g/mol. The second-order valence-electron chi connectivity index (χ2n) is 7.00. The summed E-state index contributed by atoms with van der Waals surface area (Å²) in [5.74, 6) is 1.80. The van der Waals surface area contributed by atoms with Crippen molar-refractivity contribution in [2.24, 2.45) is 0 Å². The third kappa shape index (κ3) is 3.85. The topological polar surface area (TPSA) is 87.5 Å². The van der Waals surface area contributed by atoms with Crippen LogP contribution in [-0.2, 0) is 0 Å². The van der Waals surface area contributed by atoms with Crippen LogP contribution in [0.3, 0.4) is 0 Å². The molecule has 1 N–H and O–H groups in total. The van der Waals surface area contributed by atoms with E-state index in [1.54, 1.807) is 16.8 Å². The number of hydrogen-bond acceptors (Lipinski definition) is 6. The lowest BCUT2D eigenvalue weighted by Crippen LogP contribution is -2.11. The van der Waals surface area contributed by atoms with Gasteiger partial charge >= 0.3 is 6.01 Å². The van der Waals surface area contributed by atoms with Crippen LogP contribution in [0.4, 0.5) is 5.69 Å². The molecule has 1 aromatic heterocycles. The maximum absolute atomic E-state index is 12.4. The number of nitrogens with one attached hydrogen (secondary N) is 1. The lowest BCUT2D eigenvalue weighted by atomic mass is 10.2. The predicted molar refractivity (Wildman–Crippen MR) is 118 cm³/mol. The van der Waals surface area contributed by atoms with E-state index in [-0.39, 0.29) is 18.7 Å². The number of nitrogens with zero attached hydrogens (tertiary/aromatic N) is 3. The Morgan fingerprint density at radius 1 is 1.03 bits per heavy atom. The quantitative estimate of drug-likeness (QED) is 0.492. The fourth-order valence-electron chi connectivity index (χ4n) is 3.36. The van der Waals surface area contributed by atoms with Crippen LogP contribution < -0.4 is 19.5 Å². The summed E-state index contributed by atoms with van der Waals surface area (Å²) in [7, 11) is 0. The molecule has 0 saturated carbocycles. The van der Waals surface area contributed by atoms with Crippen molar-refractivity contribution >= 4 is 11.6 Å². The van der Waals surface area contributed by atoms with E-state index in [2.05, 4.69) is 15.4 Å². The normalized spacial score (nSPS) is 11.9. The second kappa shape index (κ2) is 8.43. The van der Waals surface area contributed by atoms with Gasteiger partial charge in [-0.2, -0.15) is 4.98 Å². The van der Waals surface area contributed by atoms with Crippen molar-refractivity contribution in [3.8, 4) is 34.6 Å². The SMILES string of the molecule is CCOc1nc(-c2ccc3c(c2)OCO3)n(-c2ccc(NC(=O)c3ccccc3)cc2)n1. The van der Waals surface area contributed by atoms with Gasteiger partial charge in [0.15, 0.2) is 17.3 Å². The summed E-state index contributed by atoms with van der Waals surface area (Å²) in [6, 6.07) is 22.3. The summed E-state index contributed by atoms with van der Waals surface area (Å²) >= 11 is 0. The molecule has 2 heterocycles. The monoisotopic (exact) mass is 428 g/mol. The molecule has 8 nitrogen and oxygen atoms in total. The first-order chi connectivity index (χ1) is 15.7. The van der Waals surface area contributed by atoms with Gasteiger partial charge in [-0.3, -0.25) is 4.79 Å². The zero-order chi connectivity index (χ0) is 21.9. The Labute approximate surface area is 184 Å². The molecule has 160 valence electrons. The molecule has 0 aliphatic carbocycles. The van der Waals surface area contributed by atoms with E-state index < -0.39 is 0 Å². The molecule has 0 fully saturated rings. The highest BCUT2D eigenvalue weighted by atomic mass is 16.7. The number of carbonyl (C=O) groups is 1. The van der Waals surface area contributed by atoms with Crippen molar-refractivity contribution in [2.45, 2.75) is 6.92 Å². The van der Waals surface area contributed by atoms with Gasteiger partial charge in [0, 0.05) is 16.8 Å². The van der Waals surface area contributed by atoms with Crippen molar-refractivity contribution < 1.29 is 19.0 Å². The molecule has 1 aliphatic heterocycles. The Kier molecular flexibility index (Phi) is 5.17. The average Bonchev–Trinajstić information content (AvgIpc) is 3.47. The van der Waals surface area contributed by atoms with Crippen LogP contribution >= 0.6 is 0 Å². The molecule has 8 heteroatoms. The lowest BCUT2D eigenvalue weighted by molar-refractivity contribution is 0.102. The molecule has 0 bridgehead atoms. The summed E-state index contributed by atoms with van der Waals surface area (Å²) in [6.45, 7) is 2.53. The zero-order valence-corrected chi connectivity index (χ0v) is 17.3. The Morgan fingerprint density at radius 3 is 2.59 bits per heavy atom. The van der Waals surface area contributed by atoms with E-state index in [9.17, 15) is 4.79 Å². The predicted octanol–water partition coefficient (Wildman–Crippen LogP) is 4.31. The van der Waals surface area contributed by atoms with Crippen LogP contribution in [0, 0.1) is 0 Å². The van der Waals surface area contributed by atoms with Gasteiger partial charge in [-0.15, -0.1) is 5.10 Å². The fourth-order valence-corrected chi connectivity index (χ4v) is 3.36. The van der Waals surface area contributed by atoms with Gasteiger partial charge in [-0.25, -0.2) is 4.68 Å². The Hall–Kier alpha value is -4.33. The van der Waals surface area contributed by atoms with Gasteiger partial charge in [0.25, 0.3) is 5.91 Å². The van der Waals surface area contributed by atoms with Crippen molar-refractivity contribution in [1.29, 1.82) is 0 Å². The number of ether oxygens (including phenoxy) is 3. The van der Waals surface area contributed by atoms with E-state index in [1.807, 2.05) is 67.6 Å². The third-order valence-electron chi connectivity index (χ3n) is 4.90. The molecule has 1 amide bonds. The number of rotatable bonds is 6. The highest BCUT2D eigenvalue weighted by Crippen LogP contribution is 2.36. The largest absolute Gasteiger partial charge is 0.463 e. The Bertz CT molecular complexity index is 1250. The molecule has 1 aliphatic rings. The first kappa shape index (κ1) is 19.6. The Morgan fingerprint density at radius 2 is 1.81 bits per heavy atom. The summed E-state index contributed by atoms with van der Waals surface area (Å²) < 4.78 is 18.1. The van der Waals surface area contributed by atoms with Crippen molar-refractivity contribution in [1.82, 2.24) is 14.8 Å². The number of hydrogen-bond donors (Lipinski definition) is 1. The molecule has 0 atom stereocenters. The molecule has 0 saturated heterocycles. The number of carbonyl (C=O) groups excluding carboxylic acids is 1. The van der Waals surface area contributed by atoms with Gasteiger partial charge < -0.3 is 19.5 Å². The molecule has 0 spiro atoms. The van der Waals surface area contributed by atoms with Crippen molar-refractivity contribution in [2.75, 3.05) is 18.7 Å². The number of anilines is 1. The number of benzene rings is 3. The first-order valence-corrected chi connectivity index (χ1v) is 10.2. The first-order valence-electron chi connectivity index (χ1n) is 10.2. The highest BCUT2D eigenvalue weighted by molar-refractivity contribution is 6.04. The van der Waals surface area contributed by atoms with Gasteiger partial charge in [0.05, 0.1) is 12.3 Å². The smallest absolute Gasteiger partial charge is 0.336 e. The summed E-state index contributed by atoms with van der Waals surface area (Å²) in [5, 5.41) is 7.40. The van der Waals surface area contributed by atoms with Crippen LogP contribution in [-0.4, -0.2) is 34.1 Å². The van der Waals surface area contributed by atoms with Gasteiger partial charge in [-0.05, 0) is 61.5 Å². The minimum Gasteiger partial charge on any atom is -0.463 e. The molecular weight excluding hydrogens is 408 g/mol. The molecule has 3 aromatic carbocycles. The standard InChI is InChI=1S/C24H20N4O4/c1-2-30-24-26-22(17-8-13-20-21(14-17)32-15-31-20)28(27-24)19-11-9-18(10-12-19)25-23(29)16-6-4-3-5-7-16/h3-14H,2,15H2,1H3,(H,25,29). The minimum absolute atomic E-state index is 0.168. The van der Waals surface area contributed by atoms with E-state index in [1.165, 1.54) is 0 Å². The number of aromatic nitrogens is 3. The van der Waals surface area contributed by atoms with E-state index in [4.69, 9.17) is 14.2 Å². The second-order valence-corrected chi connectivity index (χ2v) is 7.00. The van der Waals surface area contributed by atoms with Crippen LogP contribution in [0.1, 0.15) is 17.3 Å². The molecule has 32 heavy (non-hydrogen) atoms. The van der Waals surface area contributed by atoms with Gasteiger partial charge in [-0.1, -0.05) is 18.2 Å². The highest BCUT2D eigenvalue weighted by Gasteiger charge is 2.19. The fraction of sp³-hybridized carbons (Fsp3) is 0.125. The lowest BCUT2D eigenvalue weighted by Gasteiger charge is -2.09. The molecule has 0 radical (unpaired) electrons. The van der Waals surface area contributed by atoms with E-state index >= 15 is 0 Å². The van der Waals surface area contributed by atoms with Crippen LogP contribution in [0.5, 0.6) is 17.5 Å². The van der Waals surface area contributed by atoms with Gasteiger partial charge in [0.2, 0.25) is 6.79 Å². The molecule has 4 aromatic rings. The summed E-state index contributed by atoms with van der Waals surface area (Å²) in [4.78, 5) is 16.9. The minimum atomic E-state index is -0.168. The van der Waals surface area contributed by atoms with Gasteiger partial charge in [0.1, 0.15) is 0 Å². The molecule has 5 rings (SSSR count). The number of amides is 1. The zero-order valence-electron chi connectivity index (χ0n) is 17.3. The van der Waals surface area contributed by atoms with E-state index in [0.29, 0.717) is 35.2 Å². The summed E-state index contributed by atoms with van der Waals surface area (Å²) in [5.41, 5.74) is 2.86. The van der Waals surface area contributed by atoms with Crippen molar-refractivity contribution in [3.05, 3.63) is 78.4 Å². The molecular formula is C24H20N4O4. The van der Waals surface area contributed by atoms with Crippen LogP contribution in [0.25, 0.3) is 17.1 Å². The van der Waals surface area contributed by atoms with Crippen LogP contribution in [0.2, 0.25) is 0 Å². The van der Waals surface area contributed by atoms with Crippen molar-refractivity contribution in [3.63, 3.8) is 0 Å². The Balaban J connectivity index is 1.44. The molecule has 0 unspecified atom stereocenters. The third-order valence-corrected chi connectivity index (χ3v) is 4.90. The maximum Gasteiger partial charge on any atom is 0.336 e. The number of fused-ring (bicyclic) bond motifs is 1. The summed E-state index contributed by atoms with van der Waals surface area (Å²) in [6.07, 6.45) is 0. The maximum atomic E-state index is 12.4.